The number of nitrogens with zero attached hydrogens (tertiary/aromatic N) is 1. The fourth-order valence-corrected chi connectivity index (χ4v) is 4.06. The summed E-state index contributed by atoms with van der Waals surface area (Å²) < 4.78 is 5.18. The molecule has 0 bridgehead atoms. The van der Waals surface area contributed by atoms with Crippen molar-refractivity contribution in [1.29, 1.82) is 5.41 Å². The molecule has 0 radical (unpaired) electrons. The average Bonchev–Trinajstić information content (AvgIpc) is 2.91. The monoisotopic (exact) mass is 547 g/mol. The summed E-state index contributed by atoms with van der Waals surface area (Å²) in [4.78, 5) is 42.9. The van der Waals surface area contributed by atoms with Crippen molar-refractivity contribution in [2.75, 3.05) is 19.0 Å². The van der Waals surface area contributed by atoms with Crippen molar-refractivity contribution in [3.05, 3.63) is 77.0 Å². The number of carboxylic acids is 1. The van der Waals surface area contributed by atoms with Crippen LogP contribution in [0.4, 0.5) is 5.69 Å². The predicted octanol–water partition coefficient (Wildman–Crippen LogP) is 3.52. The van der Waals surface area contributed by atoms with Crippen LogP contribution in [0.2, 0.25) is 0 Å². The number of carbonyl (C=O) groups excluding carboxylic acids is 2. The quantitative estimate of drug-likeness (QED) is 0.164. The standard InChI is InChI=1S/C29H33N5O6/c1-29(2,3)22(13-14-35)33-26(36)17-7-10-19(21(15-17)28(38)39)20-11-12-23(40-4)34-24(20)27(37)32-18-8-5-16(6-9-18)25(30)31/h5-12,15,22,35H,13-14H2,1-4H3,(H3,30,31)(H,32,37)(H,33,36)(H,38,39)/t22-/m1/s1. The SMILES string of the molecule is COc1ccc(-c2ccc(C(=O)N[C@H](CCO)C(C)(C)C)cc2C(=O)O)c(C(=O)Nc2ccc(C(=N)N)cc2)n1. The average molecular weight is 548 g/mol. The lowest BCUT2D eigenvalue weighted by atomic mass is 9.84. The second-order valence-corrected chi connectivity index (χ2v) is 10.2. The molecule has 1 heterocycles. The van der Waals surface area contributed by atoms with Gasteiger partial charge in [0.1, 0.15) is 11.5 Å². The lowest BCUT2D eigenvalue weighted by Crippen LogP contribution is -2.44. The maximum absolute atomic E-state index is 13.3. The van der Waals surface area contributed by atoms with Crippen LogP contribution in [0.1, 0.15) is 64.0 Å². The molecule has 0 aliphatic carbocycles. The third kappa shape index (κ3) is 7.00. The Morgan fingerprint density at radius 3 is 2.17 bits per heavy atom. The van der Waals surface area contributed by atoms with Gasteiger partial charge < -0.3 is 31.3 Å². The van der Waals surface area contributed by atoms with Crippen molar-refractivity contribution in [1.82, 2.24) is 10.3 Å². The molecular weight excluding hydrogens is 514 g/mol. The molecule has 1 aromatic heterocycles. The number of ether oxygens (including phenoxy) is 1. The lowest BCUT2D eigenvalue weighted by molar-refractivity contribution is 0.0697. The van der Waals surface area contributed by atoms with E-state index < -0.39 is 17.8 Å². The van der Waals surface area contributed by atoms with Crippen LogP contribution in [0, 0.1) is 10.8 Å². The van der Waals surface area contributed by atoms with Crippen molar-refractivity contribution < 1.29 is 29.3 Å². The number of aromatic carboxylic acids is 1. The maximum atomic E-state index is 13.3. The Balaban J connectivity index is 2.01. The van der Waals surface area contributed by atoms with Gasteiger partial charge in [-0.3, -0.25) is 15.0 Å². The van der Waals surface area contributed by atoms with E-state index in [4.69, 9.17) is 15.9 Å². The van der Waals surface area contributed by atoms with Gasteiger partial charge in [0.2, 0.25) is 5.88 Å². The van der Waals surface area contributed by atoms with Gasteiger partial charge in [-0.25, -0.2) is 9.78 Å². The number of anilines is 1. The molecule has 0 saturated carbocycles. The number of hydrogen-bond acceptors (Lipinski definition) is 7. The first-order valence-electron chi connectivity index (χ1n) is 12.5. The number of aliphatic hydroxyl groups is 1. The van der Waals surface area contributed by atoms with Crippen LogP contribution in [0.5, 0.6) is 5.88 Å². The number of nitrogens with two attached hydrogens (primary N) is 1. The normalized spacial score (nSPS) is 11.8. The molecule has 0 aliphatic rings. The fourth-order valence-electron chi connectivity index (χ4n) is 4.06. The Kier molecular flexibility index (Phi) is 9.23. The predicted molar refractivity (Wildman–Crippen MR) is 151 cm³/mol. The third-order valence-electron chi connectivity index (χ3n) is 6.32. The highest BCUT2D eigenvalue weighted by atomic mass is 16.5. The number of amidine groups is 1. The number of nitrogen functional groups attached to an aromatic ring is 1. The second-order valence-electron chi connectivity index (χ2n) is 10.2. The molecule has 2 amide bonds. The molecule has 40 heavy (non-hydrogen) atoms. The highest BCUT2D eigenvalue weighted by molar-refractivity contribution is 6.10. The Hall–Kier alpha value is -4.77. The first-order valence-corrected chi connectivity index (χ1v) is 12.5. The summed E-state index contributed by atoms with van der Waals surface area (Å²) in [7, 11) is 1.39. The fraction of sp³-hybridized carbons (Fsp3) is 0.276. The first-order chi connectivity index (χ1) is 18.8. The molecule has 0 saturated heterocycles. The third-order valence-corrected chi connectivity index (χ3v) is 6.32. The second kappa shape index (κ2) is 12.4. The number of rotatable bonds is 10. The highest BCUT2D eigenvalue weighted by Crippen LogP contribution is 2.30. The van der Waals surface area contributed by atoms with Gasteiger partial charge in [-0.2, -0.15) is 0 Å². The molecule has 3 aromatic rings. The lowest BCUT2D eigenvalue weighted by Gasteiger charge is -2.31. The minimum Gasteiger partial charge on any atom is -0.481 e. The number of nitrogens with one attached hydrogen (secondary N) is 3. The topological polar surface area (TPSA) is 188 Å². The number of amides is 2. The summed E-state index contributed by atoms with van der Waals surface area (Å²) in [5.74, 6) is -2.38. The van der Waals surface area contributed by atoms with Gasteiger partial charge in [0.05, 0.1) is 12.7 Å². The van der Waals surface area contributed by atoms with Crippen molar-refractivity contribution in [2.24, 2.45) is 11.1 Å². The van der Waals surface area contributed by atoms with Crippen LogP contribution in [0.3, 0.4) is 0 Å². The van der Waals surface area contributed by atoms with E-state index in [1.165, 1.54) is 37.4 Å². The highest BCUT2D eigenvalue weighted by Gasteiger charge is 2.27. The zero-order valence-corrected chi connectivity index (χ0v) is 22.7. The van der Waals surface area contributed by atoms with Crippen LogP contribution < -0.4 is 21.1 Å². The molecule has 0 aliphatic heterocycles. The van der Waals surface area contributed by atoms with Crippen LogP contribution in [-0.2, 0) is 0 Å². The summed E-state index contributed by atoms with van der Waals surface area (Å²) in [6, 6.07) is 13.2. The molecule has 0 spiro atoms. The molecule has 0 unspecified atom stereocenters. The molecule has 210 valence electrons. The minimum absolute atomic E-state index is 0.0922. The number of carboxylic acid groups (broad SMARTS) is 1. The van der Waals surface area contributed by atoms with Crippen molar-refractivity contribution in [2.45, 2.75) is 33.2 Å². The Labute approximate surface area is 231 Å². The largest absolute Gasteiger partial charge is 0.481 e. The summed E-state index contributed by atoms with van der Waals surface area (Å²) in [5, 5.41) is 32.5. The van der Waals surface area contributed by atoms with Crippen molar-refractivity contribution in [3.63, 3.8) is 0 Å². The molecule has 7 N–H and O–H groups in total. The number of aromatic nitrogens is 1. The van der Waals surface area contributed by atoms with Gasteiger partial charge in [0.15, 0.2) is 0 Å². The zero-order valence-electron chi connectivity index (χ0n) is 22.7. The number of hydrogen-bond donors (Lipinski definition) is 6. The minimum atomic E-state index is -1.30. The Morgan fingerprint density at radius 2 is 1.62 bits per heavy atom. The molecule has 2 aromatic carbocycles. The molecular formula is C29H33N5O6. The van der Waals surface area contributed by atoms with E-state index in [0.29, 0.717) is 17.7 Å². The van der Waals surface area contributed by atoms with E-state index in [2.05, 4.69) is 15.6 Å². The smallest absolute Gasteiger partial charge is 0.336 e. The number of pyridine rings is 1. The summed E-state index contributed by atoms with van der Waals surface area (Å²) in [5.41, 5.74) is 6.27. The van der Waals surface area contributed by atoms with Gasteiger partial charge in [0, 0.05) is 41.1 Å². The molecule has 11 heteroatoms. The maximum Gasteiger partial charge on any atom is 0.336 e. The summed E-state index contributed by atoms with van der Waals surface area (Å²) >= 11 is 0. The first kappa shape index (κ1) is 29.8. The van der Waals surface area contributed by atoms with Crippen LogP contribution in [0.25, 0.3) is 11.1 Å². The van der Waals surface area contributed by atoms with Gasteiger partial charge in [0.25, 0.3) is 11.8 Å². The molecule has 1 atom stereocenters. The molecule has 11 nitrogen and oxygen atoms in total. The van der Waals surface area contributed by atoms with E-state index >= 15 is 0 Å². The number of methoxy groups -OCH3 is 1. The molecule has 3 rings (SSSR count). The summed E-state index contributed by atoms with van der Waals surface area (Å²) in [6.45, 7) is 5.68. The van der Waals surface area contributed by atoms with Crippen LogP contribution in [0.15, 0.2) is 54.6 Å². The summed E-state index contributed by atoms with van der Waals surface area (Å²) in [6.07, 6.45) is 0.340. The van der Waals surface area contributed by atoms with E-state index in [1.807, 2.05) is 20.8 Å². The van der Waals surface area contributed by atoms with E-state index in [0.717, 1.165) is 0 Å². The Bertz CT molecular complexity index is 1430. The Morgan fingerprint density at radius 1 is 1.00 bits per heavy atom. The van der Waals surface area contributed by atoms with Crippen molar-refractivity contribution >= 4 is 29.3 Å². The van der Waals surface area contributed by atoms with Gasteiger partial charge in [-0.15, -0.1) is 0 Å². The zero-order chi connectivity index (χ0) is 29.6. The van der Waals surface area contributed by atoms with Crippen LogP contribution in [-0.4, -0.2) is 58.6 Å². The molecule has 0 fully saturated rings. The number of carbonyl (C=O) groups is 3. The number of aliphatic hydroxyl groups excluding tert-OH is 1. The van der Waals surface area contributed by atoms with E-state index in [1.54, 1.807) is 24.3 Å². The van der Waals surface area contributed by atoms with Gasteiger partial charge in [-0.1, -0.05) is 26.8 Å². The van der Waals surface area contributed by atoms with E-state index in [9.17, 15) is 24.6 Å². The van der Waals surface area contributed by atoms with Crippen LogP contribution >= 0.6 is 0 Å². The van der Waals surface area contributed by atoms with E-state index in [-0.39, 0.29) is 57.7 Å². The number of benzene rings is 2. The van der Waals surface area contributed by atoms with Crippen molar-refractivity contribution in [3.8, 4) is 17.0 Å². The van der Waals surface area contributed by atoms with Gasteiger partial charge in [-0.05, 0) is 59.9 Å². The van der Waals surface area contributed by atoms with Gasteiger partial charge >= 0.3 is 5.97 Å².